The van der Waals surface area contributed by atoms with Crippen LogP contribution >= 0.6 is 15.9 Å². The molecule has 0 unspecified atom stereocenters. The Labute approximate surface area is 169 Å². The van der Waals surface area contributed by atoms with Crippen molar-refractivity contribution in [3.8, 4) is 11.5 Å². The molecular formula is C20H16BrNO6. The summed E-state index contributed by atoms with van der Waals surface area (Å²) in [6.45, 7) is 1.65. The van der Waals surface area contributed by atoms with Crippen LogP contribution in [0.2, 0.25) is 0 Å². The first-order chi connectivity index (χ1) is 13.5. The summed E-state index contributed by atoms with van der Waals surface area (Å²) in [7, 11) is 0. The van der Waals surface area contributed by atoms with Crippen molar-refractivity contribution in [1.82, 2.24) is 0 Å². The predicted octanol–water partition coefficient (Wildman–Crippen LogP) is 3.66. The second-order valence-corrected chi connectivity index (χ2v) is 6.50. The van der Waals surface area contributed by atoms with Crippen LogP contribution in [-0.4, -0.2) is 36.2 Å². The molecule has 0 saturated carbocycles. The number of hydrogen-bond donors (Lipinski definition) is 1. The zero-order valence-corrected chi connectivity index (χ0v) is 16.4. The van der Waals surface area contributed by atoms with Crippen LogP contribution in [0.4, 0.5) is 0 Å². The minimum absolute atomic E-state index is 0.146. The lowest BCUT2D eigenvalue weighted by molar-refractivity contribution is -0.139. The maximum atomic E-state index is 12.2. The van der Waals surface area contributed by atoms with E-state index in [-0.39, 0.29) is 17.3 Å². The number of rotatable bonds is 7. The number of carboxylic acids is 1. The van der Waals surface area contributed by atoms with E-state index >= 15 is 0 Å². The maximum Gasteiger partial charge on any atom is 0.363 e. The standard InChI is InChI=1S/C20H16BrNO6/c1-2-26-16-10-12(8-14(21)18(16)27-11-17(23)24)9-15-20(25)28-19(22-15)13-6-4-3-5-7-13/h3-10H,2,11H2,1H3,(H,23,24)/b15-9-. The van der Waals surface area contributed by atoms with Gasteiger partial charge in [-0.25, -0.2) is 14.6 Å². The van der Waals surface area contributed by atoms with Gasteiger partial charge in [-0.05, 0) is 58.8 Å². The molecule has 1 aliphatic rings. The van der Waals surface area contributed by atoms with Crippen LogP contribution in [0.15, 0.2) is 57.6 Å². The smallest absolute Gasteiger partial charge is 0.363 e. The Balaban J connectivity index is 1.93. The summed E-state index contributed by atoms with van der Waals surface area (Å²) in [5.41, 5.74) is 1.46. The van der Waals surface area contributed by atoms with Gasteiger partial charge in [0.25, 0.3) is 0 Å². The molecule has 1 N–H and O–H groups in total. The van der Waals surface area contributed by atoms with Gasteiger partial charge in [0.1, 0.15) is 0 Å². The normalized spacial score (nSPS) is 14.6. The molecule has 0 saturated heterocycles. The van der Waals surface area contributed by atoms with Crippen LogP contribution < -0.4 is 9.47 Å². The summed E-state index contributed by atoms with van der Waals surface area (Å²) in [5, 5.41) is 8.82. The third-order valence-corrected chi connectivity index (χ3v) is 4.21. The van der Waals surface area contributed by atoms with E-state index in [4.69, 9.17) is 19.3 Å². The van der Waals surface area contributed by atoms with E-state index in [0.29, 0.717) is 28.0 Å². The molecule has 0 fully saturated rings. The fourth-order valence-electron chi connectivity index (χ4n) is 2.48. The fourth-order valence-corrected chi connectivity index (χ4v) is 3.05. The van der Waals surface area contributed by atoms with Gasteiger partial charge in [0.05, 0.1) is 11.1 Å². The van der Waals surface area contributed by atoms with Gasteiger partial charge in [-0.3, -0.25) is 0 Å². The maximum absolute atomic E-state index is 12.2. The quantitative estimate of drug-likeness (QED) is 0.516. The van der Waals surface area contributed by atoms with Gasteiger partial charge in [-0.2, -0.15) is 0 Å². The van der Waals surface area contributed by atoms with Crippen molar-refractivity contribution in [3.05, 3.63) is 63.8 Å². The zero-order valence-electron chi connectivity index (χ0n) is 14.8. The van der Waals surface area contributed by atoms with Crippen LogP contribution in [0.1, 0.15) is 18.1 Å². The molecular weight excluding hydrogens is 430 g/mol. The van der Waals surface area contributed by atoms with Gasteiger partial charge in [-0.1, -0.05) is 18.2 Å². The highest BCUT2D eigenvalue weighted by Crippen LogP contribution is 2.37. The second kappa shape index (κ2) is 8.71. The van der Waals surface area contributed by atoms with E-state index in [9.17, 15) is 9.59 Å². The Hall–Kier alpha value is -3.13. The van der Waals surface area contributed by atoms with E-state index in [1.54, 1.807) is 37.3 Å². The van der Waals surface area contributed by atoms with E-state index in [2.05, 4.69) is 20.9 Å². The molecule has 0 bridgehead atoms. The molecule has 1 aliphatic heterocycles. The first kappa shape index (κ1) is 19.6. The number of carbonyl (C=O) groups is 2. The summed E-state index contributed by atoms with van der Waals surface area (Å²) in [6, 6.07) is 12.4. The number of benzene rings is 2. The third-order valence-electron chi connectivity index (χ3n) is 3.62. The predicted molar refractivity (Wildman–Crippen MR) is 105 cm³/mol. The van der Waals surface area contributed by atoms with E-state index in [1.165, 1.54) is 0 Å². The lowest BCUT2D eigenvalue weighted by Crippen LogP contribution is -2.11. The van der Waals surface area contributed by atoms with Gasteiger partial charge in [0.2, 0.25) is 5.90 Å². The molecule has 0 amide bonds. The van der Waals surface area contributed by atoms with Crippen LogP contribution in [0.25, 0.3) is 6.08 Å². The highest BCUT2D eigenvalue weighted by atomic mass is 79.9. The average Bonchev–Trinajstić information content (AvgIpc) is 3.02. The van der Waals surface area contributed by atoms with Crippen molar-refractivity contribution in [2.75, 3.05) is 13.2 Å². The summed E-state index contributed by atoms with van der Waals surface area (Å²) < 4.78 is 16.6. The number of aliphatic carboxylic acids is 1. The van der Waals surface area contributed by atoms with E-state index in [1.807, 2.05) is 18.2 Å². The van der Waals surface area contributed by atoms with Crippen molar-refractivity contribution in [1.29, 1.82) is 0 Å². The van der Waals surface area contributed by atoms with Crippen LogP contribution in [0, 0.1) is 0 Å². The number of ether oxygens (including phenoxy) is 3. The summed E-state index contributed by atoms with van der Waals surface area (Å²) in [4.78, 5) is 27.2. The number of nitrogens with zero attached hydrogens (tertiary/aromatic N) is 1. The SMILES string of the molecule is CCOc1cc(/C=C2\N=C(c3ccccc3)OC2=O)cc(Br)c1OCC(=O)O. The van der Waals surface area contributed by atoms with Gasteiger partial charge in [0.15, 0.2) is 23.8 Å². The molecule has 2 aromatic carbocycles. The van der Waals surface area contributed by atoms with Gasteiger partial charge in [0, 0.05) is 5.56 Å². The summed E-state index contributed by atoms with van der Waals surface area (Å²) in [5.74, 6) is -0.795. The molecule has 1 heterocycles. The molecule has 0 radical (unpaired) electrons. The zero-order chi connectivity index (χ0) is 20.1. The van der Waals surface area contributed by atoms with Gasteiger partial charge >= 0.3 is 11.9 Å². The number of carboxylic acid groups (broad SMARTS) is 1. The molecule has 3 rings (SSSR count). The van der Waals surface area contributed by atoms with Crippen molar-refractivity contribution in [3.63, 3.8) is 0 Å². The van der Waals surface area contributed by atoms with Crippen LogP contribution in [-0.2, 0) is 14.3 Å². The summed E-state index contributed by atoms with van der Waals surface area (Å²) in [6.07, 6.45) is 1.56. The molecule has 0 aliphatic carbocycles. The first-order valence-electron chi connectivity index (χ1n) is 8.37. The topological polar surface area (TPSA) is 94.4 Å². The number of hydrogen-bond acceptors (Lipinski definition) is 6. The Morgan fingerprint density at radius 2 is 2.00 bits per heavy atom. The Kier molecular flexibility index (Phi) is 6.10. The Bertz CT molecular complexity index is 968. The van der Waals surface area contributed by atoms with Gasteiger partial charge < -0.3 is 19.3 Å². The van der Waals surface area contributed by atoms with Crippen LogP contribution in [0.3, 0.4) is 0 Å². The van der Waals surface area contributed by atoms with Crippen molar-refractivity contribution >= 4 is 39.8 Å². The second-order valence-electron chi connectivity index (χ2n) is 5.65. The van der Waals surface area contributed by atoms with E-state index in [0.717, 1.165) is 0 Å². The largest absolute Gasteiger partial charge is 0.490 e. The number of carbonyl (C=O) groups excluding carboxylic acids is 1. The van der Waals surface area contributed by atoms with E-state index < -0.39 is 18.5 Å². The molecule has 28 heavy (non-hydrogen) atoms. The highest BCUT2D eigenvalue weighted by Gasteiger charge is 2.24. The van der Waals surface area contributed by atoms with Gasteiger partial charge in [-0.15, -0.1) is 0 Å². The van der Waals surface area contributed by atoms with Crippen LogP contribution in [0.5, 0.6) is 11.5 Å². The first-order valence-corrected chi connectivity index (χ1v) is 9.16. The molecule has 144 valence electrons. The lowest BCUT2D eigenvalue weighted by Gasteiger charge is -2.13. The number of esters is 1. The third kappa shape index (κ3) is 4.58. The number of cyclic esters (lactones) is 1. The monoisotopic (exact) mass is 445 g/mol. The number of halogens is 1. The number of aliphatic imine (C=N–C) groups is 1. The van der Waals surface area contributed by atoms with Crippen molar-refractivity contribution < 1.29 is 28.9 Å². The highest BCUT2D eigenvalue weighted by molar-refractivity contribution is 9.10. The van der Waals surface area contributed by atoms with Crippen molar-refractivity contribution in [2.24, 2.45) is 4.99 Å². The Morgan fingerprint density at radius 1 is 1.25 bits per heavy atom. The molecule has 7 nitrogen and oxygen atoms in total. The minimum atomic E-state index is -1.10. The molecule has 8 heteroatoms. The molecule has 0 spiro atoms. The van der Waals surface area contributed by atoms with Crippen molar-refractivity contribution in [2.45, 2.75) is 6.92 Å². The molecule has 2 aromatic rings. The fraction of sp³-hybridized carbons (Fsp3) is 0.150. The molecule has 0 atom stereocenters. The molecule has 0 aromatic heterocycles. The Morgan fingerprint density at radius 3 is 2.68 bits per heavy atom. The minimum Gasteiger partial charge on any atom is -0.490 e. The summed E-state index contributed by atoms with van der Waals surface area (Å²) >= 11 is 3.35. The average molecular weight is 446 g/mol. The lowest BCUT2D eigenvalue weighted by atomic mass is 10.1.